The summed E-state index contributed by atoms with van der Waals surface area (Å²) in [4.78, 5) is 30.5. The Labute approximate surface area is 263 Å². The number of ketones is 2. The van der Waals surface area contributed by atoms with Crippen molar-refractivity contribution in [2.24, 2.45) is 22.9 Å². The first kappa shape index (κ1) is 30.3. The van der Waals surface area contributed by atoms with Crippen LogP contribution in [0.4, 0.5) is 0 Å². The van der Waals surface area contributed by atoms with Gasteiger partial charge in [0.05, 0.1) is 0 Å². The summed E-state index contributed by atoms with van der Waals surface area (Å²) in [6, 6.07) is 9.75. The van der Waals surface area contributed by atoms with Gasteiger partial charge in [-0.05, 0) is 149 Å². The largest absolute Gasteiger partial charge is 0.328 e. The van der Waals surface area contributed by atoms with Crippen molar-refractivity contribution in [3.8, 4) is 0 Å². The molecule has 236 valence electrons. The van der Waals surface area contributed by atoms with Gasteiger partial charge in [0.15, 0.2) is 11.6 Å². The van der Waals surface area contributed by atoms with Crippen LogP contribution in [0.2, 0.25) is 0 Å². The van der Waals surface area contributed by atoms with Crippen LogP contribution in [0.15, 0.2) is 24.3 Å². The molecule has 6 nitrogen and oxygen atoms in total. The average molecular weight is 597 g/mol. The van der Waals surface area contributed by atoms with E-state index in [2.05, 4.69) is 24.3 Å². The number of benzene rings is 2. The Morgan fingerprint density at radius 1 is 0.341 bits per heavy atom. The van der Waals surface area contributed by atoms with Crippen molar-refractivity contribution in [2.75, 3.05) is 0 Å². The first-order valence-corrected chi connectivity index (χ1v) is 17.7. The standard InChI is InChI=1S/C38H52N4O2/c39-25-9-1-21(2-10-25)29-17-18-30(22-3-11-26(40)12-4-22)34-33(29)37(43)35-31(23-5-13-27(41)14-6-23)19-20-32(36(35)38(34)44)24-7-15-28(42)16-8-24/h17-28H,1-16,39-42H2. The van der Waals surface area contributed by atoms with E-state index in [1.54, 1.807) is 0 Å². The van der Waals surface area contributed by atoms with E-state index in [1.807, 2.05) is 0 Å². The first-order valence-electron chi connectivity index (χ1n) is 17.7. The van der Waals surface area contributed by atoms with Crippen LogP contribution in [0.5, 0.6) is 0 Å². The Morgan fingerprint density at radius 3 is 0.705 bits per heavy atom. The van der Waals surface area contributed by atoms with Crippen LogP contribution in [-0.4, -0.2) is 35.7 Å². The van der Waals surface area contributed by atoms with E-state index in [-0.39, 0.29) is 59.4 Å². The molecule has 0 bridgehead atoms. The SMILES string of the molecule is NC1CCC(c2ccc(C3CCC(N)CC3)c3c2C(=O)c2c(C4CCC(N)CC4)ccc(C4CCC(N)CC4)c2C3=O)CC1. The number of rotatable bonds is 4. The minimum Gasteiger partial charge on any atom is -0.328 e. The molecule has 4 fully saturated rings. The second kappa shape index (κ2) is 12.4. The Morgan fingerprint density at radius 2 is 0.523 bits per heavy atom. The zero-order valence-corrected chi connectivity index (χ0v) is 26.4. The highest BCUT2D eigenvalue weighted by molar-refractivity contribution is 6.30. The maximum atomic E-state index is 15.2. The topological polar surface area (TPSA) is 138 Å². The normalized spacial score (nSPS) is 34.4. The second-order valence-electron chi connectivity index (χ2n) is 15.1. The highest BCUT2D eigenvalue weighted by Gasteiger charge is 2.42. The van der Waals surface area contributed by atoms with Gasteiger partial charge in [0.25, 0.3) is 0 Å². The molecule has 0 spiro atoms. The molecule has 0 aliphatic heterocycles. The van der Waals surface area contributed by atoms with Crippen molar-refractivity contribution in [1.82, 2.24) is 0 Å². The third kappa shape index (κ3) is 5.50. The molecule has 7 rings (SSSR count). The highest BCUT2D eigenvalue weighted by Crippen LogP contribution is 2.48. The summed E-state index contributed by atoms with van der Waals surface area (Å²) in [6.45, 7) is 0. The van der Waals surface area contributed by atoms with Gasteiger partial charge in [0.1, 0.15) is 0 Å². The summed E-state index contributed by atoms with van der Waals surface area (Å²) in [5.74, 6) is 1.22. The minimum atomic E-state index is 0.0908. The lowest BCUT2D eigenvalue weighted by Gasteiger charge is -2.36. The summed E-state index contributed by atoms with van der Waals surface area (Å²) in [6.07, 6.45) is 15.4. The summed E-state index contributed by atoms with van der Waals surface area (Å²) in [5, 5.41) is 0. The number of hydrogen-bond acceptors (Lipinski definition) is 6. The van der Waals surface area contributed by atoms with Crippen LogP contribution >= 0.6 is 0 Å². The van der Waals surface area contributed by atoms with Gasteiger partial charge in [-0.1, -0.05) is 24.3 Å². The van der Waals surface area contributed by atoms with E-state index in [1.165, 1.54) is 0 Å². The molecule has 2 aromatic carbocycles. The number of fused-ring (bicyclic) bond motifs is 2. The predicted octanol–water partition coefficient (Wildman–Crippen LogP) is 6.40. The zero-order valence-electron chi connectivity index (χ0n) is 26.4. The smallest absolute Gasteiger partial charge is 0.195 e. The Balaban J connectivity index is 1.41. The molecular weight excluding hydrogens is 544 g/mol. The van der Waals surface area contributed by atoms with Crippen LogP contribution in [0.25, 0.3) is 0 Å². The molecule has 0 amide bonds. The van der Waals surface area contributed by atoms with Crippen molar-refractivity contribution < 1.29 is 9.59 Å². The lowest BCUT2D eigenvalue weighted by molar-refractivity contribution is 0.0973. The van der Waals surface area contributed by atoms with E-state index < -0.39 is 0 Å². The van der Waals surface area contributed by atoms with Gasteiger partial charge >= 0.3 is 0 Å². The Hall–Kier alpha value is -2.38. The first-order chi connectivity index (χ1) is 21.3. The van der Waals surface area contributed by atoms with Gasteiger partial charge in [0, 0.05) is 46.4 Å². The molecule has 8 N–H and O–H groups in total. The monoisotopic (exact) mass is 596 g/mol. The van der Waals surface area contributed by atoms with Crippen LogP contribution < -0.4 is 22.9 Å². The molecule has 0 atom stereocenters. The average Bonchev–Trinajstić information content (AvgIpc) is 3.04. The highest BCUT2D eigenvalue weighted by atomic mass is 16.1. The van der Waals surface area contributed by atoms with Crippen molar-refractivity contribution in [3.05, 3.63) is 68.8 Å². The van der Waals surface area contributed by atoms with Crippen molar-refractivity contribution in [3.63, 3.8) is 0 Å². The molecule has 0 heterocycles. The van der Waals surface area contributed by atoms with Gasteiger partial charge in [-0.25, -0.2) is 0 Å². The van der Waals surface area contributed by atoms with E-state index in [9.17, 15) is 0 Å². The zero-order chi connectivity index (χ0) is 30.5. The van der Waals surface area contributed by atoms with Gasteiger partial charge in [-0.3, -0.25) is 9.59 Å². The van der Waals surface area contributed by atoms with Crippen molar-refractivity contribution in [1.29, 1.82) is 0 Å². The molecular formula is C38H52N4O2. The molecule has 2 aromatic rings. The lowest BCUT2D eigenvalue weighted by atomic mass is 9.66. The fraction of sp³-hybridized carbons (Fsp3) is 0.632. The third-order valence-corrected chi connectivity index (χ3v) is 12.3. The van der Waals surface area contributed by atoms with Crippen LogP contribution in [0.1, 0.15) is 181 Å². The van der Waals surface area contributed by atoms with Crippen LogP contribution in [-0.2, 0) is 0 Å². The van der Waals surface area contributed by atoms with E-state index >= 15 is 9.59 Å². The van der Waals surface area contributed by atoms with Crippen LogP contribution in [0.3, 0.4) is 0 Å². The van der Waals surface area contributed by atoms with Crippen LogP contribution in [0, 0.1) is 0 Å². The summed E-state index contributed by atoms with van der Waals surface area (Å²) < 4.78 is 0. The number of nitrogens with two attached hydrogens (primary N) is 4. The van der Waals surface area contributed by atoms with E-state index in [0.29, 0.717) is 22.3 Å². The fourth-order valence-electron chi connectivity index (χ4n) is 9.58. The Bertz CT molecular complexity index is 1190. The Kier molecular flexibility index (Phi) is 8.56. The maximum absolute atomic E-state index is 15.2. The quantitative estimate of drug-likeness (QED) is 0.275. The number of hydrogen-bond donors (Lipinski definition) is 4. The van der Waals surface area contributed by atoms with Crippen molar-refractivity contribution in [2.45, 2.75) is 151 Å². The molecule has 5 aliphatic rings. The predicted molar refractivity (Wildman–Crippen MR) is 176 cm³/mol. The van der Waals surface area contributed by atoms with Gasteiger partial charge in [-0.15, -0.1) is 0 Å². The molecule has 0 unspecified atom stereocenters. The third-order valence-electron chi connectivity index (χ3n) is 12.3. The van der Waals surface area contributed by atoms with Gasteiger partial charge in [0.2, 0.25) is 0 Å². The van der Waals surface area contributed by atoms with E-state index in [4.69, 9.17) is 22.9 Å². The molecule has 0 aromatic heterocycles. The molecule has 4 saturated carbocycles. The van der Waals surface area contributed by atoms with Gasteiger partial charge < -0.3 is 22.9 Å². The summed E-state index contributed by atoms with van der Waals surface area (Å²) >= 11 is 0. The minimum absolute atomic E-state index is 0.0908. The number of carbonyl (C=O) groups excluding carboxylic acids is 2. The summed E-state index contributed by atoms with van der Waals surface area (Å²) in [7, 11) is 0. The maximum Gasteiger partial charge on any atom is 0.195 e. The molecule has 5 aliphatic carbocycles. The molecule has 0 radical (unpaired) electrons. The summed E-state index contributed by atoms with van der Waals surface area (Å²) in [5.41, 5.74) is 32.5. The number of carbonyl (C=O) groups is 2. The van der Waals surface area contributed by atoms with Gasteiger partial charge in [-0.2, -0.15) is 0 Å². The molecule has 0 saturated heterocycles. The molecule has 6 heteroatoms. The fourth-order valence-corrected chi connectivity index (χ4v) is 9.58. The second-order valence-corrected chi connectivity index (χ2v) is 15.1. The lowest BCUT2D eigenvalue weighted by Crippen LogP contribution is -2.33. The van der Waals surface area contributed by atoms with E-state index in [0.717, 1.165) is 125 Å². The van der Waals surface area contributed by atoms with Crippen molar-refractivity contribution >= 4 is 11.6 Å². The molecule has 44 heavy (non-hydrogen) atoms.